The molecule has 1 fully saturated rings. The first-order chi connectivity index (χ1) is 15.5. The third-order valence-electron chi connectivity index (χ3n) is 5.95. The van der Waals surface area contributed by atoms with Gasteiger partial charge in [-0.2, -0.15) is 15.3 Å². The number of hydrogen-bond acceptors (Lipinski definition) is 7. The minimum Gasteiger partial charge on any atom is -0.356 e. The van der Waals surface area contributed by atoms with E-state index in [4.69, 9.17) is 5.73 Å². The van der Waals surface area contributed by atoms with Crippen molar-refractivity contribution in [2.24, 2.45) is 12.8 Å². The highest BCUT2D eigenvalue weighted by Gasteiger charge is 2.18. The van der Waals surface area contributed by atoms with Crippen molar-refractivity contribution < 1.29 is 4.79 Å². The maximum atomic E-state index is 13.0. The van der Waals surface area contributed by atoms with Crippen LogP contribution in [0.15, 0.2) is 55.0 Å². The molecule has 1 aliphatic rings. The molecule has 32 heavy (non-hydrogen) atoms. The van der Waals surface area contributed by atoms with Crippen molar-refractivity contribution in [3.8, 4) is 11.1 Å². The van der Waals surface area contributed by atoms with E-state index < -0.39 is 0 Å². The van der Waals surface area contributed by atoms with Crippen LogP contribution in [0.1, 0.15) is 28.9 Å². The van der Waals surface area contributed by atoms with Gasteiger partial charge < -0.3 is 10.6 Å². The van der Waals surface area contributed by atoms with Crippen LogP contribution in [0, 0.1) is 0 Å². The lowest BCUT2D eigenvalue weighted by atomic mass is 10.0. The van der Waals surface area contributed by atoms with Gasteiger partial charge in [0.2, 0.25) is 0 Å². The smallest absolute Gasteiger partial charge is 0.169 e. The van der Waals surface area contributed by atoms with Crippen molar-refractivity contribution >= 4 is 22.5 Å². The fourth-order valence-electron chi connectivity index (χ4n) is 4.08. The van der Waals surface area contributed by atoms with Gasteiger partial charge in [0, 0.05) is 55.1 Å². The predicted octanol–water partition coefficient (Wildman–Crippen LogP) is 2.78. The Morgan fingerprint density at radius 3 is 2.72 bits per heavy atom. The zero-order valence-corrected chi connectivity index (χ0v) is 18.0. The average molecular weight is 428 g/mol. The number of anilines is 1. The minimum absolute atomic E-state index is 0.000533. The SMILES string of the molecule is Cn1cc(-c2ccc3nnc(CC(=O)c4ccnc(N5CCC(N)CC5)c4)cc3c2)cn1. The van der Waals surface area contributed by atoms with E-state index in [1.165, 1.54) is 0 Å². The summed E-state index contributed by atoms with van der Waals surface area (Å²) < 4.78 is 1.77. The van der Waals surface area contributed by atoms with Crippen molar-refractivity contribution in [2.75, 3.05) is 18.0 Å². The number of carbonyl (C=O) groups excluding carboxylic acids is 1. The Morgan fingerprint density at radius 1 is 1.09 bits per heavy atom. The fourth-order valence-corrected chi connectivity index (χ4v) is 4.08. The van der Waals surface area contributed by atoms with Gasteiger partial charge in [-0.25, -0.2) is 4.98 Å². The number of benzene rings is 1. The number of piperidine rings is 1. The van der Waals surface area contributed by atoms with E-state index in [9.17, 15) is 4.79 Å². The summed E-state index contributed by atoms with van der Waals surface area (Å²) in [5, 5.41) is 13.8. The molecule has 0 aliphatic carbocycles. The number of aromatic nitrogens is 5. The summed E-state index contributed by atoms with van der Waals surface area (Å²) in [5.74, 6) is 0.827. The molecule has 8 heteroatoms. The molecule has 0 unspecified atom stereocenters. The molecule has 0 amide bonds. The van der Waals surface area contributed by atoms with E-state index in [0.717, 1.165) is 53.8 Å². The summed E-state index contributed by atoms with van der Waals surface area (Å²) in [4.78, 5) is 19.6. The number of pyridine rings is 1. The zero-order chi connectivity index (χ0) is 22.1. The highest BCUT2D eigenvalue weighted by atomic mass is 16.1. The molecule has 0 bridgehead atoms. The van der Waals surface area contributed by atoms with Gasteiger partial charge in [-0.15, -0.1) is 0 Å². The largest absolute Gasteiger partial charge is 0.356 e. The van der Waals surface area contributed by atoms with Gasteiger partial charge in [0.1, 0.15) is 5.82 Å². The van der Waals surface area contributed by atoms with Gasteiger partial charge in [0.25, 0.3) is 0 Å². The molecule has 0 spiro atoms. The summed E-state index contributed by atoms with van der Waals surface area (Å²) in [6.45, 7) is 1.72. The van der Waals surface area contributed by atoms with E-state index in [0.29, 0.717) is 11.3 Å². The van der Waals surface area contributed by atoms with E-state index in [-0.39, 0.29) is 18.2 Å². The van der Waals surface area contributed by atoms with E-state index >= 15 is 0 Å². The molecule has 1 aliphatic heterocycles. The number of nitrogens with two attached hydrogens (primary N) is 1. The molecule has 4 heterocycles. The second-order valence-electron chi connectivity index (χ2n) is 8.34. The molecular weight excluding hydrogens is 402 g/mol. The van der Waals surface area contributed by atoms with Gasteiger partial charge >= 0.3 is 0 Å². The second-order valence-corrected chi connectivity index (χ2v) is 8.34. The van der Waals surface area contributed by atoms with Crippen molar-refractivity contribution in [1.82, 2.24) is 25.0 Å². The van der Waals surface area contributed by atoms with Crippen LogP contribution in [0.5, 0.6) is 0 Å². The highest BCUT2D eigenvalue weighted by molar-refractivity contribution is 5.98. The summed E-state index contributed by atoms with van der Waals surface area (Å²) in [6.07, 6.45) is 7.56. The van der Waals surface area contributed by atoms with Crippen molar-refractivity contribution in [1.29, 1.82) is 0 Å². The highest BCUT2D eigenvalue weighted by Crippen LogP contribution is 2.24. The standard InChI is InChI=1S/C24H25N7O/c1-30-15-19(14-27-30)16-2-3-22-18(10-16)11-21(28-29-22)13-23(32)17-4-7-26-24(12-17)31-8-5-20(25)6-9-31/h2-4,7,10-12,14-15,20H,5-6,8-9,13,25H2,1H3. The Labute approximate surface area is 186 Å². The number of nitrogens with zero attached hydrogens (tertiary/aromatic N) is 6. The van der Waals surface area contributed by atoms with E-state index in [1.54, 1.807) is 16.9 Å². The Bertz CT molecular complexity index is 1270. The monoisotopic (exact) mass is 427 g/mol. The molecule has 1 saturated heterocycles. The third kappa shape index (κ3) is 4.22. The first-order valence-electron chi connectivity index (χ1n) is 10.8. The van der Waals surface area contributed by atoms with Gasteiger partial charge in [-0.05, 0) is 48.7 Å². The maximum absolute atomic E-state index is 13.0. The summed E-state index contributed by atoms with van der Waals surface area (Å²) >= 11 is 0. The summed E-state index contributed by atoms with van der Waals surface area (Å²) in [5.41, 5.74) is 10.2. The topological polar surface area (TPSA) is 103 Å². The molecule has 0 radical (unpaired) electrons. The van der Waals surface area contributed by atoms with Gasteiger partial charge in [0.05, 0.1) is 23.8 Å². The van der Waals surface area contributed by atoms with Crippen LogP contribution < -0.4 is 10.6 Å². The third-order valence-corrected chi connectivity index (χ3v) is 5.95. The molecule has 1 aromatic carbocycles. The minimum atomic E-state index is -0.000533. The van der Waals surface area contributed by atoms with Gasteiger partial charge in [-0.3, -0.25) is 9.48 Å². The van der Waals surface area contributed by atoms with Crippen molar-refractivity contribution in [2.45, 2.75) is 25.3 Å². The number of aryl methyl sites for hydroxylation is 1. The second kappa shape index (κ2) is 8.47. The molecule has 8 nitrogen and oxygen atoms in total. The Morgan fingerprint density at radius 2 is 1.94 bits per heavy atom. The van der Waals surface area contributed by atoms with Crippen LogP contribution in [0.4, 0.5) is 5.82 Å². The molecule has 0 saturated carbocycles. The fraction of sp³-hybridized carbons (Fsp3) is 0.292. The molecular formula is C24H25N7O. The molecule has 5 rings (SSSR count). The average Bonchev–Trinajstić information content (AvgIpc) is 3.25. The van der Waals surface area contributed by atoms with Crippen molar-refractivity contribution in [3.63, 3.8) is 0 Å². The Hall–Kier alpha value is -3.65. The maximum Gasteiger partial charge on any atom is 0.169 e. The van der Waals surface area contributed by atoms with Crippen LogP contribution in [0.25, 0.3) is 22.0 Å². The van der Waals surface area contributed by atoms with Crippen molar-refractivity contribution in [3.05, 3.63) is 66.2 Å². The lowest BCUT2D eigenvalue weighted by molar-refractivity contribution is 0.0991. The number of carbonyl (C=O) groups is 1. The van der Waals surface area contributed by atoms with Crippen LogP contribution >= 0.6 is 0 Å². The van der Waals surface area contributed by atoms with Crippen LogP contribution in [0.3, 0.4) is 0 Å². The number of fused-ring (bicyclic) bond motifs is 1. The number of Topliss-reactive ketones (excluding diaryl/α,β-unsaturated/α-hetero) is 1. The van der Waals surface area contributed by atoms with E-state index in [1.807, 2.05) is 43.7 Å². The number of hydrogen-bond donors (Lipinski definition) is 1. The molecule has 0 atom stereocenters. The lowest BCUT2D eigenvalue weighted by Crippen LogP contribution is -2.40. The summed E-state index contributed by atoms with van der Waals surface area (Å²) in [6, 6.07) is 11.8. The lowest BCUT2D eigenvalue weighted by Gasteiger charge is -2.31. The first-order valence-corrected chi connectivity index (χ1v) is 10.8. The predicted molar refractivity (Wildman–Crippen MR) is 123 cm³/mol. The van der Waals surface area contributed by atoms with Gasteiger partial charge in [-0.1, -0.05) is 6.07 Å². The molecule has 162 valence electrons. The van der Waals surface area contributed by atoms with Crippen LogP contribution in [-0.2, 0) is 13.5 Å². The quantitative estimate of drug-likeness (QED) is 0.489. The summed E-state index contributed by atoms with van der Waals surface area (Å²) in [7, 11) is 1.89. The number of ketones is 1. The Kier molecular flexibility index (Phi) is 5.36. The Balaban J connectivity index is 1.36. The molecule has 4 aromatic rings. The van der Waals surface area contributed by atoms with Gasteiger partial charge in [0.15, 0.2) is 5.78 Å². The van der Waals surface area contributed by atoms with E-state index in [2.05, 4.69) is 31.2 Å². The first kappa shape index (κ1) is 20.3. The zero-order valence-electron chi connectivity index (χ0n) is 18.0. The van der Waals surface area contributed by atoms with Crippen LogP contribution in [0.2, 0.25) is 0 Å². The molecule has 3 aromatic heterocycles. The molecule has 2 N–H and O–H groups in total. The van der Waals surface area contributed by atoms with Crippen LogP contribution in [-0.4, -0.2) is 49.9 Å². The number of rotatable bonds is 5. The normalized spacial score (nSPS) is 14.8.